The summed E-state index contributed by atoms with van der Waals surface area (Å²) < 4.78 is 51.2. The Kier molecular flexibility index (Phi) is 2.90. The van der Waals surface area contributed by atoms with Crippen molar-refractivity contribution in [3.05, 3.63) is 47.6 Å². The Morgan fingerprint density at radius 2 is 1.57 bits per heavy atom. The van der Waals surface area contributed by atoms with E-state index < -0.39 is 34.9 Å². The van der Waals surface area contributed by atoms with Crippen molar-refractivity contribution in [2.24, 2.45) is 5.73 Å². The van der Waals surface area contributed by atoms with Crippen molar-refractivity contribution in [1.29, 1.82) is 0 Å². The summed E-state index contributed by atoms with van der Waals surface area (Å²) in [5.74, 6) is -5.93. The largest absolute Gasteiger partial charge is 0.321 e. The van der Waals surface area contributed by atoms with Crippen LogP contribution < -0.4 is 5.73 Å². The average Bonchev–Trinajstić information content (AvgIpc) is 2.15. The van der Waals surface area contributed by atoms with E-state index >= 15 is 0 Å². The molecular weight excluding hydrogens is 198 g/mol. The zero-order valence-corrected chi connectivity index (χ0v) is 7.03. The van der Waals surface area contributed by atoms with Gasteiger partial charge in [0.2, 0.25) is 0 Å². The lowest BCUT2D eigenvalue weighted by atomic mass is 10.1. The van der Waals surface area contributed by atoms with Crippen LogP contribution in [0.15, 0.2) is 18.7 Å². The summed E-state index contributed by atoms with van der Waals surface area (Å²) in [7, 11) is 0. The lowest BCUT2D eigenvalue weighted by Gasteiger charge is -2.10. The Hall–Kier alpha value is -1.36. The summed E-state index contributed by atoms with van der Waals surface area (Å²) in [6.07, 6.45) is 0.986. The third-order valence-electron chi connectivity index (χ3n) is 1.73. The minimum atomic E-state index is -1.49. The van der Waals surface area contributed by atoms with Crippen molar-refractivity contribution in [2.45, 2.75) is 6.04 Å². The van der Waals surface area contributed by atoms with E-state index in [4.69, 9.17) is 5.73 Å². The minimum Gasteiger partial charge on any atom is -0.321 e. The first-order chi connectivity index (χ1) is 6.49. The maximum Gasteiger partial charge on any atom is 0.167 e. The zero-order valence-electron chi connectivity index (χ0n) is 7.03. The SMILES string of the molecule is C=C[C@@H](N)c1c(F)c(F)cc(F)c1F. The molecule has 0 fully saturated rings. The molecule has 1 aromatic rings. The van der Waals surface area contributed by atoms with Crippen molar-refractivity contribution in [1.82, 2.24) is 0 Å². The smallest absolute Gasteiger partial charge is 0.167 e. The molecule has 0 aliphatic carbocycles. The summed E-state index contributed by atoms with van der Waals surface area (Å²) in [5, 5.41) is 0. The number of hydrogen-bond donors (Lipinski definition) is 1. The van der Waals surface area contributed by atoms with E-state index in [1.54, 1.807) is 0 Å². The molecule has 1 aromatic carbocycles. The van der Waals surface area contributed by atoms with Gasteiger partial charge in [-0.2, -0.15) is 0 Å². The van der Waals surface area contributed by atoms with Crippen molar-refractivity contribution >= 4 is 0 Å². The van der Waals surface area contributed by atoms with Crippen LogP contribution in [0.4, 0.5) is 17.6 Å². The molecule has 0 spiro atoms. The molecule has 0 aromatic heterocycles. The third-order valence-corrected chi connectivity index (χ3v) is 1.73. The normalized spacial score (nSPS) is 12.6. The summed E-state index contributed by atoms with van der Waals surface area (Å²) in [6.45, 7) is 3.18. The van der Waals surface area contributed by atoms with Crippen LogP contribution >= 0.6 is 0 Å². The fraction of sp³-hybridized carbons (Fsp3) is 0.111. The maximum atomic E-state index is 13.0. The number of rotatable bonds is 2. The summed E-state index contributed by atoms with van der Waals surface area (Å²) in [5.41, 5.74) is 4.35. The fourth-order valence-corrected chi connectivity index (χ4v) is 1.00. The van der Waals surface area contributed by atoms with Crippen molar-refractivity contribution in [3.63, 3.8) is 0 Å². The van der Waals surface area contributed by atoms with E-state index in [-0.39, 0.29) is 6.07 Å². The van der Waals surface area contributed by atoms with Crippen LogP contribution in [-0.2, 0) is 0 Å². The van der Waals surface area contributed by atoms with Crippen molar-refractivity contribution < 1.29 is 17.6 Å². The van der Waals surface area contributed by atoms with E-state index in [0.29, 0.717) is 0 Å². The van der Waals surface area contributed by atoms with Gasteiger partial charge in [-0.3, -0.25) is 0 Å². The molecule has 0 bridgehead atoms. The molecule has 0 radical (unpaired) electrons. The number of hydrogen-bond acceptors (Lipinski definition) is 1. The molecule has 5 heteroatoms. The molecular formula is C9H7F4N. The Morgan fingerprint density at radius 1 is 1.14 bits per heavy atom. The molecule has 2 N–H and O–H groups in total. The number of nitrogens with two attached hydrogens (primary N) is 1. The molecule has 0 amide bonds. The Bertz CT molecular complexity index is 349. The first-order valence-electron chi connectivity index (χ1n) is 3.70. The molecule has 1 nitrogen and oxygen atoms in total. The van der Waals surface area contributed by atoms with Crippen LogP contribution in [0.25, 0.3) is 0 Å². The quantitative estimate of drug-likeness (QED) is 0.448. The highest BCUT2D eigenvalue weighted by Crippen LogP contribution is 2.24. The van der Waals surface area contributed by atoms with E-state index in [1.807, 2.05) is 0 Å². The van der Waals surface area contributed by atoms with Crippen LogP contribution in [0.1, 0.15) is 11.6 Å². The lowest BCUT2D eigenvalue weighted by molar-refractivity contribution is 0.434. The van der Waals surface area contributed by atoms with Crippen molar-refractivity contribution in [2.75, 3.05) is 0 Å². The first kappa shape index (κ1) is 10.7. The van der Waals surface area contributed by atoms with Gasteiger partial charge in [0.25, 0.3) is 0 Å². The second-order valence-electron chi connectivity index (χ2n) is 2.64. The van der Waals surface area contributed by atoms with Crippen LogP contribution in [0.2, 0.25) is 0 Å². The van der Waals surface area contributed by atoms with Crippen molar-refractivity contribution in [3.8, 4) is 0 Å². The van der Waals surface area contributed by atoms with E-state index in [9.17, 15) is 17.6 Å². The molecule has 76 valence electrons. The van der Waals surface area contributed by atoms with Gasteiger partial charge in [0.1, 0.15) is 0 Å². The highest BCUT2D eigenvalue weighted by Gasteiger charge is 2.21. The van der Waals surface area contributed by atoms with Gasteiger partial charge in [0, 0.05) is 6.07 Å². The molecule has 0 saturated carbocycles. The predicted octanol–water partition coefficient (Wildman–Crippen LogP) is 2.43. The Labute approximate surface area is 77.8 Å². The minimum absolute atomic E-state index is 0.129. The van der Waals surface area contributed by atoms with Crippen LogP contribution in [0.5, 0.6) is 0 Å². The van der Waals surface area contributed by atoms with Gasteiger partial charge in [-0.05, 0) is 0 Å². The molecule has 0 aliphatic heterocycles. The molecule has 1 rings (SSSR count). The van der Waals surface area contributed by atoms with Gasteiger partial charge in [0.15, 0.2) is 23.3 Å². The van der Waals surface area contributed by atoms with E-state index in [2.05, 4.69) is 6.58 Å². The van der Waals surface area contributed by atoms with Gasteiger partial charge in [-0.1, -0.05) is 6.08 Å². The van der Waals surface area contributed by atoms with Gasteiger partial charge in [-0.15, -0.1) is 6.58 Å². The van der Waals surface area contributed by atoms with E-state index in [0.717, 1.165) is 6.08 Å². The van der Waals surface area contributed by atoms with Gasteiger partial charge >= 0.3 is 0 Å². The molecule has 0 aliphatic rings. The van der Waals surface area contributed by atoms with Crippen LogP contribution in [0.3, 0.4) is 0 Å². The second-order valence-corrected chi connectivity index (χ2v) is 2.64. The molecule has 0 unspecified atom stereocenters. The summed E-state index contributed by atoms with van der Waals surface area (Å²) in [6, 6.07) is -1.15. The first-order valence-corrected chi connectivity index (χ1v) is 3.70. The summed E-state index contributed by atoms with van der Waals surface area (Å²) >= 11 is 0. The van der Waals surface area contributed by atoms with Crippen LogP contribution in [-0.4, -0.2) is 0 Å². The zero-order chi connectivity index (χ0) is 10.9. The average molecular weight is 205 g/mol. The predicted molar refractivity (Wildman–Crippen MR) is 43.4 cm³/mol. The van der Waals surface area contributed by atoms with Gasteiger partial charge in [-0.25, -0.2) is 17.6 Å². The molecule has 14 heavy (non-hydrogen) atoms. The monoisotopic (exact) mass is 205 g/mol. The van der Waals surface area contributed by atoms with Gasteiger partial charge < -0.3 is 5.73 Å². The molecule has 1 atom stereocenters. The third kappa shape index (κ3) is 1.63. The van der Waals surface area contributed by atoms with Gasteiger partial charge in [0.05, 0.1) is 11.6 Å². The van der Waals surface area contributed by atoms with E-state index in [1.165, 1.54) is 0 Å². The number of benzene rings is 1. The summed E-state index contributed by atoms with van der Waals surface area (Å²) in [4.78, 5) is 0. The fourth-order valence-electron chi connectivity index (χ4n) is 1.00. The molecule has 0 heterocycles. The number of halogens is 4. The maximum absolute atomic E-state index is 13.0. The second kappa shape index (κ2) is 3.79. The Balaban J connectivity index is 3.46. The highest BCUT2D eigenvalue weighted by atomic mass is 19.2. The Morgan fingerprint density at radius 3 is 1.93 bits per heavy atom. The standard InChI is InChI=1S/C9H7F4N/c1-2-6(14)7-8(12)4(10)3-5(11)9(7)13/h2-3,6H,1,14H2/t6-/m1/s1. The van der Waals surface area contributed by atoms with Crippen LogP contribution in [0, 0.1) is 23.3 Å². The highest BCUT2D eigenvalue weighted by molar-refractivity contribution is 5.27. The molecule has 0 saturated heterocycles. The topological polar surface area (TPSA) is 26.0 Å². The lowest BCUT2D eigenvalue weighted by Crippen LogP contribution is -2.14.